The number of thioether (sulfide) groups is 1. The standard InChI is InChI=1S/C25H34N2O2S/c1-5-7-9-19(6-2)16-27-17-20-12-13-23(26(4)14-15-30-18(3)28)21-10-8-11-22(24(20)21)25(27)29/h8,10-13,19H,5-7,9,14-17H2,1-4H3. The summed E-state index contributed by atoms with van der Waals surface area (Å²) in [5.74, 6) is 1.49. The number of nitrogens with zero attached hydrogens (tertiary/aromatic N) is 2. The molecule has 0 N–H and O–H groups in total. The number of hydrogen-bond acceptors (Lipinski definition) is 4. The number of amides is 1. The molecule has 0 spiro atoms. The average molecular weight is 427 g/mol. The Hall–Kier alpha value is -2.01. The van der Waals surface area contributed by atoms with E-state index in [1.165, 1.54) is 36.6 Å². The molecule has 2 aromatic rings. The zero-order valence-electron chi connectivity index (χ0n) is 18.7. The van der Waals surface area contributed by atoms with Gasteiger partial charge < -0.3 is 9.80 Å². The van der Waals surface area contributed by atoms with Gasteiger partial charge in [0.25, 0.3) is 5.91 Å². The van der Waals surface area contributed by atoms with E-state index in [2.05, 4.69) is 44.0 Å². The molecule has 1 aliphatic rings. The van der Waals surface area contributed by atoms with E-state index in [4.69, 9.17) is 0 Å². The first-order valence-electron chi connectivity index (χ1n) is 11.1. The molecule has 4 nitrogen and oxygen atoms in total. The molecule has 0 bridgehead atoms. The van der Waals surface area contributed by atoms with Crippen LogP contribution in [-0.2, 0) is 11.3 Å². The Morgan fingerprint density at radius 1 is 1.23 bits per heavy atom. The summed E-state index contributed by atoms with van der Waals surface area (Å²) in [6, 6.07) is 10.4. The van der Waals surface area contributed by atoms with Crippen LogP contribution in [0.25, 0.3) is 10.8 Å². The molecule has 2 aromatic carbocycles. The van der Waals surface area contributed by atoms with Gasteiger partial charge >= 0.3 is 0 Å². The van der Waals surface area contributed by atoms with Gasteiger partial charge in [-0.1, -0.05) is 63.1 Å². The van der Waals surface area contributed by atoms with Crippen molar-refractivity contribution in [1.82, 2.24) is 4.90 Å². The molecule has 30 heavy (non-hydrogen) atoms. The van der Waals surface area contributed by atoms with E-state index < -0.39 is 0 Å². The summed E-state index contributed by atoms with van der Waals surface area (Å²) in [5.41, 5.74) is 3.18. The maximum absolute atomic E-state index is 13.3. The fourth-order valence-electron chi connectivity index (χ4n) is 4.38. The second kappa shape index (κ2) is 10.3. The summed E-state index contributed by atoms with van der Waals surface area (Å²) in [6.45, 7) is 8.39. The molecule has 0 aliphatic carbocycles. The van der Waals surface area contributed by atoms with Crippen LogP contribution < -0.4 is 4.90 Å². The predicted octanol–water partition coefficient (Wildman–Crippen LogP) is 5.73. The number of carbonyl (C=O) groups excluding carboxylic acids is 2. The lowest BCUT2D eigenvalue weighted by Crippen LogP contribution is -2.37. The van der Waals surface area contributed by atoms with Crippen LogP contribution in [0.15, 0.2) is 30.3 Å². The predicted molar refractivity (Wildman–Crippen MR) is 128 cm³/mol. The molecule has 1 unspecified atom stereocenters. The first-order valence-corrected chi connectivity index (χ1v) is 12.1. The highest BCUT2D eigenvalue weighted by molar-refractivity contribution is 8.13. The van der Waals surface area contributed by atoms with Gasteiger partial charge in [-0.2, -0.15) is 0 Å². The van der Waals surface area contributed by atoms with E-state index in [1.807, 2.05) is 17.0 Å². The van der Waals surface area contributed by atoms with Crippen LogP contribution in [0.2, 0.25) is 0 Å². The number of benzene rings is 2. The van der Waals surface area contributed by atoms with E-state index in [-0.39, 0.29) is 11.0 Å². The first kappa shape index (κ1) is 22.7. The second-order valence-electron chi connectivity index (χ2n) is 8.34. The molecule has 0 fully saturated rings. The number of anilines is 1. The van der Waals surface area contributed by atoms with E-state index in [9.17, 15) is 9.59 Å². The van der Waals surface area contributed by atoms with Gasteiger partial charge in [-0.3, -0.25) is 9.59 Å². The molecular formula is C25H34N2O2S. The Bertz CT molecular complexity index is 911. The molecule has 1 heterocycles. The van der Waals surface area contributed by atoms with E-state index in [0.29, 0.717) is 12.5 Å². The van der Waals surface area contributed by atoms with Crippen LogP contribution in [0.4, 0.5) is 5.69 Å². The summed E-state index contributed by atoms with van der Waals surface area (Å²) in [7, 11) is 2.06. The van der Waals surface area contributed by atoms with E-state index >= 15 is 0 Å². The quantitative estimate of drug-likeness (QED) is 0.487. The van der Waals surface area contributed by atoms with Crippen molar-refractivity contribution in [3.63, 3.8) is 0 Å². The molecule has 1 aliphatic heterocycles. The van der Waals surface area contributed by atoms with Gasteiger partial charge in [0.15, 0.2) is 5.12 Å². The minimum atomic E-state index is 0.148. The molecule has 0 aromatic heterocycles. The third-order valence-corrected chi connectivity index (χ3v) is 6.94. The summed E-state index contributed by atoms with van der Waals surface area (Å²) in [5, 5.41) is 2.38. The Morgan fingerprint density at radius 3 is 2.73 bits per heavy atom. The Balaban J connectivity index is 1.86. The van der Waals surface area contributed by atoms with Gasteiger partial charge in [-0.05, 0) is 30.0 Å². The van der Waals surface area contributed by atoms with Crippen molar-refractivity contribution in [2.24, 2.45) is 5.92 Å². The molecule has 1 amide bonds. The molecule has 162 valence electrons. The Labute approximate surface area is 185 Å². The van der Waals surface area contributed by atoms with Crippen LogP contribution in [0.1, 0.15) is 62.4 Å². The monoisotopic (exact) mass is 426 g/mol. The van der Waals surface area contributed by atoms with Gasteiger partial charge in [-0.25, -0.2) is 0 Å². The summed E-state index contributed by atoms with van der Waals surface area (Å²) in [6.07, 6.45) is 4.73. The summed E-state index contributed by atoms with van der Waals surface area (Å²) in [4.78, 5) is 28.8. The van der Waals surface area contributed by atoms with Crippen LogP contribution in [-0.4, -0.2) is 41.8 Å². The normalized spacial score (nSPS) is 14.3. The smallest absolute Gasteiger partial charge is 0.254 e. The van der Waals surface area contributed by atoms with Crippen LogP contribution in [0, 0.1) is 5.92 Å². The van der Waals surface area contributed by atoms with E-state index in [0.717, 1.165) is 47.3 Å². The maximum atomic E-state index is 13.3. The lowest BCUT2D eigenvalue weighted by Gasteiger charge is -2.33. The minimum absolute atomic E-state index is 0.148. The summed E-state index contributed by atoms with van der Waals surface area (Å²) >= 11 is 1.35. The average Bonchev–Trinajstić information content (AvgIpc) is 2.74. The molecule has 3 rings (SSSR count). The van der Waals surface area contributed by atoms with E-state index in [1.54, 1.807) is 6.92 Å². The topological polar surface area (TPSA) is 40.6 Å². The van der Waals surface area contributed by atoms with Crippen molar-refractivity contribution in [3.8, 4) is 0 Å². The fraction of sp³-hybridized carbons (Fsp3) is 0.520. The molecule has 0 radical (unpaired) electrons. The first-order chi connectivity index (χ1) is 14.5. The molecule has 1 atom stereocenters. The zero-order valence-corrected chi connectivity index (χ0v) is 19.6. The zero-order chi connectivity index (χ0) is 21.7. The van der Waals surface area contributed by atoms with Crippen molar-refractivity contribution < 1.29 is 9.59 Å². The molecule has 0 saturated carbocycles. The molecule has 0 saturated heterocycles. The van der Waals surface area contributed by atoms with Gasteiger partial charge in [0.05, 0.1) is 0 Å². The van der Waals surface area contributed by atoms with Crippen molar-refractivity contribution in [1.29, 1.82) is 0 Å². The van der Waals surface area contributed by atoms with Gasteiger partial charge in [0.2, 0.25) is 0 Å². The van der Waals surface area contributed by atoms with Crippen LogP contribution in [0.3, 0.4) is 0 Å². The third kappa shape index (κ3) is 5.00. The lowest BCUT2D eigenvalue weighted by molar-refractivity contribution is -0.109. The number of carbonyl (C=O) groups is 2. The van der Waals surface area contributed by atoms with Crippen LogP contribution in [0.5, 0.6) is 0 Å². The second-order valence-corrected chi connectivity index (χ2v) is 9.61. The number of hydrogen-bond donors (Lipinski definition) is 0. The SMILES string of the molecule is CCCCC(CC)CN1Cc2ccc(N(C)CCSC(C)=O)c3cccc(c23)C1=O. The van der Waals surface area contributed by atoms with Gasteiger partial charge in [0.1, 0.15) is 0 Å². The van der Waals surface area contributed by atoms with Gasteiger partial charge in [0, 0.05) is 61.4 Å². The van der Waals surface area contributed by atoms with Crippen molar-refractivity contribution in [3.05, 3.63) is 41.5 Å². The third-order valence-electron chi connectivity index (χ3n) is 6.15. The Morgan fingerprint density at radius 2 is 2.03 bits per heavy atom. The fourth-order valence-corrected chi connectivity index (χ4v) is 5.03. The lowest BCUT2D eigenvalue weighted by atomic mass is 9.91. The summed E-state index contributed by atoms with van der Waals surface area (Å²) < 4.78 is 0. The highest BCUT2D eigenvalue weighted by atomic mass is 32.2. The van der Waals surface area contributed by atoms with Crippen molar-refractivity contribution >= 4 is 39.2 Å². The van der Waals surface area contributed by atoms with Crippen LogP contribution >= 0.6 is 11.8 Å². The number of unbranched alkanes of at least 4 members (excludes halogenated alkanes) is 1. The largest absolute Gasteiger partial charge is 0.373 e. The minimum Gasteiger partial charge on any atom is -0.373 e. The van der Waals surface area contributed by atoms with Gasteiger partial charge in [-0.15, -0.1) is 0 Å². The molecule has 5 heteroatoms. The van der Waals surface area contributed by atoms with Crippen molar-refractivity contribution in [2.75, 3.05) is 30.8 Å². The maximum Gasteiger partial charge on any atom is 0.254 e. The van der Waals surface area contributed by atoms with Crippen molar-refractivity contribution in [2.45, 2.75) is 53.0 Å². The highest BCUT2D eigenvalue weighted by Crippen LogP contribution is 2.36. The highest BCUT2D eigenvalue weighted by Gasteiger charge is 2.28. The Kier molecular flexibility index (Phi) is 7.81. The number of rotatable bonds is 10. The molecular weight excluding hydrogens is 392 g/mol.